The van der Waals surface area contributed by atoms with Crippen LogP contribution in [0.2, 0.25) is 0 Å². The topological polar surface area (TPSA) is 15.5 Å². The molecular weight excluding hydrogens is 368 g/mol. The number of benzene rings is 2. The molecule has 2 aromatic carbocycles. The summed E-state index contributed by atoms with van der Waals surface area (Å²) in [4.78, 5) is 2.73. The van der Waals surface area contributed by atoms with E-state index in [9.17, 15) is 0 Å². The van der Waals surface area contributed by atoms with Gasteiger partial charge in [0.05, 0.1) is 12.5 Å². The highest BCUT2D eigenvalue weighted by Crippen LogP contribution is 2.60. The van der Waals surface area contributed by atoms with Gasteiger partial charge in [-0.05, 0) is 54.7 Å². The van der Waals surface area contributed by atoms with E-state index in [1.165, 1.54) is 43.5 Å². The van der Waals surface area contributed by atoms with Gasteiger partial charge in [-0.2, -0.15) is 0 Å². The first kappa shape index (κ1) is 18.2. The fourth-order valence-electron chi connectivity index (χ4n) is 7.13. The third-order valence-corrected chi connectivity index (χ3v) is 8.40. The van der Waals surface area contributed by atoms with E-state index in [0.29, 0.717) is 6.04 Å². The van der Waals surface area contributed by atoms with E-state index in [-0.39, 0.29) is 10.8 Å². The average Bonchev–Trinajstić information content (AvgIpc) is 3.33. The first-order valence-corrected chi connectivity index (χ1v) is 11.5. The maximum atomic E-state index is 5.37. The fraction of sp³-hybridized carbons (Fsp3) is 0.444. The first-order chi connectivity index (χ1) is 14.7. The fourth-order valence-corrected chi connectivity index (χ4v) is 7.13. The summed E-state index contributed by atoms with van der Waals surface area (Å²) < 4.78 is 8.10. The first-order valence-electron chi connectivity index (χ1n) is 11.5. The van der Waals surface area contributed by atoms with Crippen molar-refractivity contribution in [2.75, 3.05) is 25.1 Å². The quantitative estimate of drug-likeness (QED) is 0.535. The van der Waals surface area contributed by atoms with Crippen molar-refractivity contribution in [2.45, 2.75) is 50.6 Å². The molecule has 3 aliphatic heterocycles. The summed E-state index contributed by atoms with van der Waals surface area (Å²) in [6, 6.07) is 18.5. The van der Waals surface area contributed by atoms with Crippen molar-refractivity contribution in [1.29, 1.82) is 0 Å². The van der Waals surface area contributed by atoms with Gasteiger partial charge in [-0.15, -0.1) is 0 Å². The molecule has 30 heavy (non-hydrogen) atoms. The van der Waals surface area contributed by atoms with Crippen molar-refractivity contribution in [3.8, 4) is 5.75 Å². The molecule has 154 valence electrons. The Bertz CT molecular complexity index is 1050. The summed E-state index contributed by atoms with van der Waals surface area (Å²) in [6.07, 6.45) is 10.0. The van der Waals surface area contributed by atoms with Crippen LogP contribution in [0.1, 0.15) is 43.7 Å². The Labute approximate surface area is 179 Å². The van der Waals surface area contributed by atoms with Crippen molar-refractivity contribution in [3.63, 3.8) is 0 Å². The second kappa shape index (κ2) is 6.47. The summed E-state index contributed by atoms with van der Waals surface area (Å²) in [5, 5.41) is 0. The number of allylic oxidation sites excluding steroid dienone is 1. The number of hydrogen-bond acceptors (Lipinski definition) is 2. The highest BCUT2D eigenvalue weighted by Gasteiger charge is 2.67. The van der Waals surface area contributed by atoms with Gasteiger partial charge in [0.1, 0.15) is 17.7 Å². The van der Waals surface area contributed by atoms with Gasteiger partial charge in [-0.1, -0.05) is 43.3 Å². The van der Waals surface area contributed by atoms with Crippen molar-refractivity contribution in [3.05, 3.63) is 71.8 Å². The van der Waals surface area contributed by atoms with Crippen LogP contribution in [0.15, 0.2) is 60.7 Å². The standard InChI is InChI=1S/C27H31N2O/c1-3-26-14-6-17-28-18-16-27(25(26)28)22-7-4-5-8-23(22)29(24(27)13-15-26)19-20-9-11-21(30-2)12-10-20/h4-12,14,24H,3,13,15-19H2,1-2H3/q+1/t24-,26-,27-/m0/s1. The molecule has 3 atom stereocenters. The lowest BCUT2D eigenvalue weighted by Crippen LogP contribution is -2.59. The van der Waals surface area contributed by atoms with E-state index >= 15 is 0 Å². The van der Waals surface area contributed by atoms with Gasteiger partial charge in [0.25, 0.3) is 0 Å². The Morgan fingerprint density at radius 2 is 1.93 bits per heavy atom. The Hall–Kier alpha value is -2.55. The molecule has 0 saturated heterocycles. The van der Waals surface area contributed by atoms with Crippen LogP contribution in [0.3, 0.4) is 0 Å². The number of methoxy groups -OCH3 is 1. The van der Waals surface area contributed by atoms with E-state index in [0.717, 1.165) is 18.8 Å². The monoisotopic (exact) mass is 399 g/mol. The molecule has 1 saturated carbocycles. The van der Waals surface area contributed by atoms with E-state index in [1.807, 2.05) is 0 Å². The number of ether oxygens (including phenoxy) is 1. The molecule has 0 aromatic heterocycles. The number of fused-ring (bicyclic) bond motifs is 1. The van der Waals surface area contributed by atoms with E-state index < -0.39 is 0 Å². The van der Waals surface area contributed by atoms with Crippen LogP contribution < -0.4 is 9.64 Å². The van der Waals surface area contributed by atoms with Crippen molar-refractivity contribution in [2.24, 2.45) is 5.41 Å². The summed E-state index contributed by atoms with van der Waals surface area (Å²) >= 11 is 0. The van der Waals surface area contributed by atoms with E-state index in [1.54, 1.807) is 18.4 Å². The molecule has 0 radical (unpaired) electrons. The summed E-state index contributed by atoms with van der Waals surface area (Å²) in [7, 11) is 1.74. The Balaban J connectivity index is 1.48. The molecule has 1 fully saturated rings. The molecule has 1 aliphatic carbocycles. The lowest BCUT2D eigenvalue weighted by Gasteiger charge is -2.47. The molecule has 0 amide bonds. The molecule has 2 aromatic rings. The van der Waals surface area contributed by atoms with Crippen LogP contribution in [0.4, 0.5) is 5.69 Å². The minimum Gasteiger partial charge on any atom is -0.497 e. The van der Waals surface area contributed by atoms with Gasteiger partial charge in [-0.25, -0.2) is 4.58 Å². The number of nitrogens with zero attached hydrogens (tertiary/aromatic N) is 2. The molecule has 4 aliphatic rings. The Morgan fingerprint density at radius 1 is 1.10 bits per heavy atom. The minimum atomic E-state index is 0.183. The van der Waals surface area contributed by atoms with E-state index in [4.69, 9.17) is 4.74 Å². The smallest absolute Gasteiger partial charge is 0.175 e. The van der Waals surface area contributed by atoms with Crippen molar-refractivity contribution < 1.29 is 9.31 Å². The number of anilines is 1. The lowest BCUT2D eigenvalue weighted by atomic mass is 9.55. The van der Waals surface area contributed by atoms with Crippen LogP contribution in [-0.4, -0.2) is 36.5 Å². The second-order valence-electron chi connectivity index (χ2n) is 9.48. The molecule has 3 heterocycles. The zero-order valence-electron chi connectivity index (χ0n) is 18.1. The molecule has 0 unspecified atom stereocenters. The van der Waals surface area contributed by atoms with Crippen LogP contribution >= 0.6 is 0 Å². The zero-order chi connectivity index (χ0) is 20.3. The Kier molecular flexibility index (Phi) is 3.93. The molecule has 3 heteroatoms. The van der Waals surface area contributed by atoms with Gasteiger partial charge in [0, 0.05) is 24.7 Å². The molecule has 1 spiro atoms. The molecule has 6 rings (SSSR count). The number of hydrogen-bond donors (Lipinski definition) is 0. The van der Waals surface area contributed by atoms with Gasteiger partial charge in [0.15, 0.2) is 12.3 Å². The number of rotatable bonds is 4. The maximum Gasteiger partial charge on any atom is 0.175 e. The molecular formula is C27H31N2O+. The van der Waals surface area contributed by atoms with Gasteiger partial charge in [-0.3, -0.25) is 0 Å². The second-order valence-corrected chi connectivity index (χ2v) is 9.48. The van der Waals surface area contributed by atoms with E-state index in [2.05, 4.69) is 77.1 Å². The van der Waals surface area contributed by atoms with Crippen molar-refractivity contribution >= 4 is 11.4 Å². The SMILES string of the molecule is CC[C@@]12C=CC[N+]3=C1[C@@]1(CC3)c3ccccc3N(Cc3ccc(OC)cc3)[C@H]1CC2. The molecule has 0 bridgehead atoms. The van der Waals surface area contributed by atoms with Gasteiger partial charge in [0.2, 0.25) is 0 Å². The zero-order valence-corrected chi connectivity index (χ0v) is 18.1. The Morgan fingerprint density at radius 3 is 2.73 bits per heavy atom. The third kappa shape index (κ3) is 2.24. The van der Waals surface area contributed by atoms with Crippen LogP contribution in [0, 0.1) is 5.41 Å². The lowest BCUT2D eigenvalue weighted by molar-refractivity contribution is -0.514. The predicted octanol–water partition coefficient (Wildman–Crippen LogP) is 4.94. The van der Waals surface area contributed by atoms with Crippen LogP contribution in [-0.2, 0) is 12.0 Å². The number of para-hydroxylation sites is 1. The third-order valence-electron chi connectivity index (χ3n) is 8.40. The summed E-state index contributed by atoms with van der Waals surface area (Å²) in [6.45, 7) is 5.65. The normalized spacial score (nSPS) is 30.9. The highest BCUT2D eigenvalue weighted by atomic mass is 16.5. The van der Waals surface area contributed by atoms with Crippen LogP contribution in [0.25, 0.3) is 0 Å². The average molecular weight is 400 g/mol. The molecule has 3 nitrogen and oxygen atoms in total. The summed E-state index contributed by atoms with van der Waals surface area (Å²) in [5.41, 5.74) is 6.57. The minimum absolute atomic E-state index is 0.183. The highest BCUT2D eigenvalue weighted by molar-refractivity contribution is 6.03. The molecule has 0 N–H and O–H groups in total. The van der Waals surface area contributed by atoms with Crippen LogP contribution in [0.5, 0.6) is 5.75 Å². The maximum absolute atomic E-state index is 5.37. The van der Waals surface area contributed by atoms with Gasteiger partial charge < -0.3 is 9.64 Å². The summed E-state index contributed by atoms with van der Waals surface area (Å²) in [5.74, 6) is 0.929. The van der Waals surface area contributed by atoms with Crippen molar-refractivity contribution in [1.82, 2.24) is 0 Å². The van der Waals surface area contributed by atoms with Gasteiger partial charge >= 0.3 is 0 Å². The largest absolute Gasteiger partial charge is 0.497 e. The predicted molar refractivity (Wildman–Crippen MR) is 122 cm³/mol.